The van der Waals surface area contributed by atoms with Crippen molar-refractivity contribution < 1.29 is 4.79 Å². The Bertz CT molecular complexity index is 287. The predicted molar refractivity (Wildman–Crippen MR) is 71.0 cm³/mol. The lowest BCUT2D eigenvalue weighted by Gasteiger charge is -2.31. The molecule has 0 spiro atoms. The number of fused-ring (bicyclic) bond motifs is 1. The lowest BCUT2D eigenvalue weighted by molar-refractivity contribution is -0.124. The van der Waals surface area contributed by atoms with E-state index in [4.69, 9.17) is 11.6 Å². The topological polar surface area (TPSA) is 29.1 Å². The quantitative estimate of drug-likeness (QED) is 0.770. The van der Waals surface area contributed by atoms with Crippen molar-refractivity contribution >= 4 is 17.5 Å². The third kappa shape index (κ3) is 2.78. The third-order valence-corrected chi connectivity index (χ3v) is 4.69. The van der Waals surface area contributed by atoms with E-state index in [0.717, 1.165) is 6.42 Å². The first kappa shape index (κ1) is 13.2. The Labute approximate surface area is 109 Å². The van der Waals surface area contributed by atoms with E-state index in [1.807, 2.05) is 0 Å². The highest BCUT2D eigenvalue weighted by Gasteiger charge is 2.56. The van der Waals surface area contributed by atoms with Gasteiger partial charge in [-0.2, -0.15) is 0 Å². The average molecular weight is 258 g/mol. The second-order valence-corrected chi connectivity index (χ2v) is 7.07. The second kappa shape index (κ2) is 4.79. The molecule has 3 heteroatoms. The SMILES string of the molecule is CC(C)(C)C(CCCl)NC(=O)C1C2CCCC21. The van der Waals surface area contributed by atoms with Crippen LogP contribution in [-0.2, 0) is 4.79 Å². The molecule has 0 aliphatic heterocycles. The largest absolute Gasteiger partial charge is 0.353 e. The van der Waals surface area contributed by atoms with Crippen molar-refractivity contribution in [2.75, 3.05) is 5.88 Å². The van der Waals surface area contributed by atoms with Gasteiger partial charge in [-0.1, -0.05) is 27.2 Å². The molecule has 3 atom stereocenters. The van der Waals surface area contributed by atoms with Gasteiger partial charge in [0.2, 0.25) is 5.91 Å². The van der Waals surface area contributed by atoms with Gasteiger partial charge in [0.25, 0.3) is 0 Å². The molecule has 2 aliphatic rings. The molecule has 2 nitrogen and oxygen atoms in total. The molecule has 2 rings (SSSR count). The molecule has 98 valence electrons. The van der Waals surface area contributed by atoms with Gasteiger partial charge in [0.1, 0.15) is 0 Å². The molecule has 0 aromatic carbocycles. The van der Waals surface area contributed by atoms with Crippen LogP contribution in [0, 0.1) is 23.2 Å². The van der Waals surface area contributed by atoms with Gasteiger partial charge >= 0.3 is 0 Å². The van der Waals surface area contributed by atoms with Crippen LogP contribution >= 0.6 is 11.6 Å². The Morgan fingerprint density at radius 2 is 1.94 bits per heavy atom. The number of carbonyl (C=O) groups is 1. The number of alkyl halides is 1. The molecule has 1 amide bonds. The van der Waals surface area contributed by atoms with Gasteiger partial charge in [0.15, 0.2) is 0 Å². The fourth-order valence-electron chi connectivity index (χ4n) is 3.31. The smallest absolute Gasteiger partial charge is 0.223 e. The summed E-state index contributed by atoms with van der Waals surface area (Å²) in [5.74, 6) is 2.62. The molecule has 0 aromatic rings. The first-order valence-corrected chi connectivity index (χ1v) is 7.35. The summed E-state index contributed by atoms with van der Waals surface area (Å²) in [6.07, 6.45) is 4.71. The zero-order valence-corrected chi connectivity index (χ0v) is 11.9. The second-order valence-electron chi connectivity index (χ2n) is 6.69. The highest BCUT2D eigenvalue weighted by atomic mass is 35.5. The van der Waals surface area contributed by atoms with Crippen LogP contribution < -0.4 is 5.32 Å². The van der Waals surface area contributed by atoms with Crippen molar-refractivity contribution in [1.29, 1.82) is 0 Å². The predicted octanol–water partition coefficient (Wildman–Crippen LogP) is 3.19. The minimum Gasteiger partial charge on any atom is -0.353 e. The lowest BCUT2D eigenvalue weighted by Crippen LogP contribution is -2.45. The van der Waals surface area contributed by atoms with E-state index in [2.05, 4.69) is 26.1 Å². The van der Waals surface area contributed by atoms with E-state index in [0.29, 0.717) is 23.6 Å². The molecule has 0 radical (unpaired) electrons. The number of carbonyl (C=O) groups excluding carboxylic acids is 1. The number of rotatable bonds is 4. The first-order valence-electron chi connectivity index (χ1n) is 6.81. The van der Waals surface area contributed by atoms with Crippen LogP contribution in [0.3, 0.4) is 0 Å². The number of amides is 1. The third-order valence-electron chi connectivity index (χ3n) is 4.47. The van der Waals surface area contributed by atoms with Crippen LogP contribution in [0.2, 0.25) is 0 Å². The molecule has 0 aromatic heterocycles. The normalized spacial score (nSPS) is 33.1. The van der Waals surface area contributed by atoms with E-state index in [1.165, 1.54) is 19.3 Å². The van der Waals surface area contributed by atoms with Crippen LogP contribution in [0.5, 0.6) is 0 Å². The maximum atomic E-state index is 12.2. The molecular formula is C14H24ClNO. The molecule has 3 unspecified atom stereocenters. The molecular weight excluding hydrogens is 234 g/mol. The van der Waals surface area contributed by atoms with Crippen LogP contribution in [0.1, 0.15) is 46.5 Å². The van der Waals surface area contributed by atoms with Crippen molar-refractivity contribution in [3.63, 3.8) is 0 Å². The molecule has 0 heterocycles. The maximum absolute atomic E-state index is 12.2. The zero-order chi connectivity index (χ0) is 12.6. The maximum Gasteiger partial charge on any atom is 0.223 e. The summed E-state index contributed by atoms with van der Waals surface area (Å²) in [6.45, 7) is 6.49. The molecule has 2 aliphatic carbocycles. The van der Waals surface area contributed by atoms with Crippen LogP contribution in [0.4, 0.5) is 0 Å². The average Bonchev–Trinajstić information content (AvgIpc) is 2.71. The molecule has 0 bridgehead atoms. The van der Waals surface area contributed by atoms with Gasteiger partial charge in [-0.3, -0.25) is 4.79 Å². The van der Waals surface area contributed by atoms with Crippen LogP contribution in [-0.4, -0.2) is 17.8 Å². The van der Waals surface area contributed by atoms with Crippen molar-refractivity contribution in [2.45, 2.75) is 52.5 Å². The van der Waals surface area contributed by atoms with Crippen molar-refractivity contribution in [3.8, 4) is 0 Å². The monoisotopic (exact) mass is 257 g/mol. The summed E-state index contributed by atoms with van der Waals surface area (Å²) >= 11 is 5.83. The van der Waals surface area contributed by atoms with E-state index in [1.54, 1.807) is 0 Å². The van der Waals surface area contributed by atoms with Crippen molar-refractivity contribution in [1.82, 2.24) is 5.32 Å². The van der Waals surface area contributed by atoms with Gasteiger partial charge < -0.3 is 5.32 Å². The van der Waals surface area contributed by atoms with E-state index < -0.39 is 0 Å². The Hall–Kier alpha value is -0.240. The number of halogens is 1. The fourth-order valence-corrected chi connectivity index (χ4v) is 3.53. The van der Waals surface area contributed by atoms with Crippen LogP contribution in [0.15, 0.2) is 0 Å². The van der Waals surface area contributed by atoms with Gasteiger partial charge in [0.05, 0.1) is 0 Å². The Balaban J connectivity index is 1.88. The van der Waals surface area contributed by atoms with E-state index in [-0.39, 0.29) is 17.4 Å². The first-order chi connectivity index (χ1) is 7.95. The van der Waals surface area contributed by atoms with Crippen LogP contribution in [0.25, 0.3) is 0 Å². The number of hydrogen-bond donors (Lipinski definition) is 1. The molecule has 2 fully saturated rings. The fraction of sp³-hybridized carbons (Fsp3) is 0.929. The number of nitrogens with one attached hydrogen (secondary N) is 1. The summed E-state index contributed by atoms with van der Waals surface area (Å²) in [5.41, 5.74) is 0.0918. The van der Waals surface area contributed by atoms with E-state index in [9.17, 15) is 4.79 Å². The lowest BCUT2D eigenvalue weighted by atomic mass is 9.85. The summed E-state index contributed by atoms with van der Waals surface area (Å²) in [5, 5.41) is 3.23. The Morgan fingerprint density at radius 3 is 2.41 bits per heavy atom. The van der Waals surface area contributed by atoms with Gasteiger partial charge in [-0.05, 0) is 36.5 Å². The van der Waals surface area contributed by atoms with Crippen molar-refractivity contribution in [2.24, 2.45) is 23.2 Å². The molecule has 1 N–H and O–H groups in total. The highest BCUT2D eigenvalue weighted by Crippen LogP contribution is 2.57. The summed E-state index contributed by atoms with van der Waals surface area (Å²) in [7, 11) is 0. The molecule has 0 saturated heterocycles. The molecule has 17 heavy (non-hydrogen) atoms. The zero-order valence-electron chi connectivity index (χ0n) is 11.1. The summed E-state index contributed by atoms with van der Waals surface area (Å²) in [6, 6.07) is 0.203. The Morgan fingerprint density at radius 1 is 1.35 bits per heavy atom. The highest BCUT2D eigenvalue weighted by molar-refractivity contribution is 6.17. The summed E-state index contributed by atoms with van der Waals surface area (Å²) in [4.78, 5) is 12.2. The standard InChI is InChI=1S/C14H24ClNO/c1-14(2,3)11(7-8-15)16-13(17)12-9-5-4-6-10(9)12/h9-12H,4-8H2,1-3H3,(H,16,17). The minimum absolute atomic E-state index is 0.0918. The molecule has 2 saturated carbocycles. The Kier molecular flexibility index (Phi) is 3.72. The van der Waals surface area contributed by atoms with E-state index >= 15 is 0 Å². The van der Waals surface area contributed by atoms with Crippen molar-refractivity contribution in [3.05, 3.63) is 0 Å². The van der Waals surface area contributed by atoms with Gasteiger partial charge in [-0.25, -0.2) is 0 Å². The number of hydrogen-bond acceptors (Lipinski definition) is 1. The summed E-state index contributed by atoms with van der Waals surface area (Å²) < 4.78 is 0. The van der Waals surface area contributed by atoms with Gasteiger partial charge in [-0.15, -0.1) is 11.6 Å². The minimum atomic E-state index is 0.0918. The van der Waals surface area contributed by atoms with Gasteiger partial charge in [0, 0.05) is 17.8 Å².